The van der Waals surface area contributed by atoms with Gasteiger partial charge in [0, 0.05) is 17.8 Å². The summed E-state index contributed by atoms with van der Waals surface area (Å²) in [6, 6.07) is 10.9. The molecule has 8 heteroatoms. The van der Waals surface area contributed by atoms with E-state index in [9.17, 15) is 10.1 Å². The molecular weight excluding hydrogens is 356 g/mol. The molecule has 0 aliphatic heterocycles. The Hall–Kier alpha value is -4.25. The first-order valence-electron chi connectivity index (χ1n) is 8.47. The van der Waals surface area contributed by atoms with Gasteiger partial charge in [-0.05, 0) is 30.7 Å². The quantitative estimate of drug-likeness (QED) is 0.512. The number of fused-ring (bicyclic) bond motifs is 2. The van der Waals surface area contributed by atoms with Crippen molar-refractivity contribution in [2.45, 2.75) is 6.92 Å². The molecule has 0 saturated carbocycles. The average molecular weight is 368 g/mol. The number of benzene rings is 1. The highest BCUT2D eigenvalue weighted by Gasteiger charge is 2.16. The van der Waals surface area contributed by atoms with Crippen LogP contribution in [0.4, 0.5) is 0 Å². The molecule has 8 nitrogen and oxygen atoms in total. The van der Waals surface area contributed by atoms with Crippen LogP contribution in [0.3, 0.4) is 0 Å². The highest BCUT2D eigenvalue weighted by Crippen LogP contribution is 2.30. The van der Waals surface area contributed by atoms with E-state index in [-0.39, 0.29) is 5.43 Å². The van der Waals surface area contributed by atoms with Gasteiger partial charge >= 0.3 is 0 Å². The summed E-state index contributed by atoms with van der Waals surface area (Å²) in [7, 11) is 0. The Morgan fingerprint density at radius 2 is 2.14 bits per heavy atom. The van der Waals surface area contributed by atoms with Crippen molar-refractivity contribution in [2.24, 2.45) is 0 Å². The van der Waals surface area contributed by atoms with Crippen LogP contribution in [0.5, 0.6) is 0 Å². The van der Waals surface area contributed by atoms with Gasteiger partial charge in [-0.25, -0.2) is 14.6 Å². The summed E-state index contributed by atoms with van der Waals surface area (Å²) in [6.45, 7) is 1.76. The summed E-state index contributed by atoms with van der Waals surface area (Å²) in [4.78, 5) is 24.1. The summed E-state index contributed by atoms with van der Waals surface area (Å²) >= 11 is 0. The largest absolute Gasteiger partial charge is 0.443 e. The Kier molecular flexibility index (Phi) is 3.36. The molecule has 0 spiro atoms. The molecule has 0 bridgehead atoms. The van der Waals surface area contributed by atoms with Crippen molar-refractivity contribution in [3.8, 4) is 23.0 Å². The second-order valence-corrected chi connectivity index (χ2v) is 6.32. The fourth-order valence-corrected chi connectivity index (χ4v) is 3.18. The van der Waals surface area contributed by atoms with Crippen LogP contribution in [0.15, 0.2) is 58.3 Å². The van der Waals surface area contributed by atoms with E-state index in [1.807, 2.05) is 18.2 Å². The number of rotatable bonds is 2. The molecule has 134 valence electrons. The molecule has 4 aromatic heterocycles. The van der Waals surface area contributed by atoms with Crippen molar-refractivity contribution in [2.75, 3.05) is 0 Å². The molecule has 0 unspecified atom stereocenters. The van der Waals surface area contributed by atoms with Crippen molar-refractivity contribution in [1.29, 1.82) is 5.26 Å². The predicted molar refractivity (Wildman–Crippen MR) is 102 cm³/mol. The third-order valence-corrected chi connectivity index (χ3v) is 4.60. The van der Waals surface area contributed by atoms with Gasteiger partial charge in [-0.2, -0.15) is 10.4 Å². The molecule has 0 radical (unpaired) electrons. The number of aromatic nitrogens is 5. The first-order valence-corrected chi connectivity index (χ1v) is 8.47. The SMILES string of the molecule is Cc1nn(-c2nc3[nH]ccc(=O)c3cc2-c2ccc3ncoc3c2)cc1C#N. The van der Waals surface area contributed by atoms with Gasteiger partial charge in [0.15, 0.2) is 23.2 Å². The van der Waals surface area contributed by atoms with Gasteiger partial charge in [-0.15, -0.1) is 0 Å². The van der Waals surface area contributed by atoms with Crippen LogP contribution < -0.4 is 5.43 Å². The van der Waals surface area contributed by atoms with E-state index in [0.29, 0.717) is 39.3 Å². The average Bonchev–Trinajstić information content (AvgIpc) is 3.32. The minimum atomic E-state index is -0.135. The Labute approximate surface area is 157 Å². The van der Waals surface area contributed by atoms with Gasteiger partial charge in [0.05, 0.1) is 22.8 Å². The van der Waals surface area contributed by atoms with E-state index in [1.54, 1.807) is 30.1 Å². The summed E-state index contributed by atoms with van der Waals surface area (Å²) < 4.78 is 6.97. The minimum absolute atomic E-state index is 0.135. The van der Waals surface area contributed by atoms with Crippen LogP contribution in [0.1, 0.15) is 11.3 Å². The van der Waals surface area contributed by atoms with Crippen LogP contribution >= 0.6 is 0 Å². The standard InChI is InChI=1S/C20H12N6O2/c1-11-13(8-21)9-26(25-11)20-14(7-15-17(27)4-5-22-19(15)24-20)12-2-3-16-18(6-12)28-10-23-16/h2-7,9-10H,1H3,(H,22,24,27). The molecule has 0 aliphatic carbocycles. The molecule has 0 fully saturated rings. The van der Waals surface area contributed by atoms with E-state index < -0.39 is 0 Å². The molecule has 28 heavy (non-hydrogen) atoms. The highest BCUT2D eigenvalue weighted by molar-refractivity contribution is 5.88. The van der Waals surface area contributed by atoms with Crippen molar-refractivity contribution < 1.29 is 4.42 Å². The van der Waals surface area contributed by atoms with Crippen LogP contribution in [0.2, 0.25) is 0 Å². The van der Waals surface area contributed by atoms with E-state index in [2.05, 4.69) is 26.1 Å². The van der Waals surface area contributed by atoms with Gasteiger partial charge in [0.2, 0.25) is 0 Å². The minimum Gasteiger partial charge on any atom is -0.443 e. The molecular formula is C20H12N6O2. The fourth-order valence-electron chi connectivity index (χ4n) is 3.18. The summed E-state index contributed by atoms with van der Waals surface area (Å²) in [5, 5.41) is 14.2. The fraction of sp³-hybridized carbons (Fsp3) is 0.0500. The monoisotopic (exact) mass is 368 g/mol. The summed E-state index contributed by atoms with van der Waals surface area (Å²) in [6.07, 6.45) is 4.56. The Morgan fingerprint density at radius 3 is 2.96 bits per heavy atom. The molecule has 0 aliphatic rings. The lowest BCUT2D eigenvalue weighted by Crippen LogP contribution is -2.07. The third-order valence-electron chi connectivity index (χ3n) is 4.60. The lowest BCUT2D eigenvalue weighted by molar-refractivity contribution is 0.602. The van der Waals surface area contributed by atoms with Crippen molar-refractivity contribution >= 4 is 22.1 Å². The van der Waals surface area contributed by atoms with Gasteiger partial charge in [-0.3, -0.25) is 4.79 Å². The van der Waals surface area contributed by atoms with Crippen LogP contribution in [-0.4, -0.2) is 24.7 Å². The van der Waals surface area contributed by atoms with Crippen LogP contribution in [0, 0.1) is 18.3 Å². The zero-order valence-corrected chi connectivity index (χ0v) is 14.7. The molecule has 1 aromatic carbocycles. The number of H-pyrrole nitrogens is 1. The first-order chi connectivity index (χ1) is 13.6. The second-order valence-electron chi connectivity index (χ2n) is 6.32. The molecule has 4 heterocycles. The maximum absolute atomic E-state index is 12.3. The van der Waals surface area contributed by atoms with Crippen LogP contribution in [-0.2, 0) is 0 Å². The number of pyridine rings is 2. The molecule has 0 saturated heterocycles. The lowest BCUT2D eigenvalue weighted by atomic mass is 10.0. The number of nitriles is 1. The molecule has 1 N–H and O–H groups in total. The van der Waals surface area contributed by atoms with Gasteiger partial charge in [-0.1, -0.05) is 6.07 Å². The maximum Gasteiger partial charge on any atom is 0.191 e. The number of aromatic amines is 1. The number of nitrogens with one attached hydrogen (secondary N) is 1. The second kappa shape index (κ2) is 5.89. The number of oxazole rings is 1. The Balaban J connectivity index is 1.85. The molecule has 0 atom stereocenters. The van der Waals surface area contributed by atoms with Crippen molar-refractivity contribution in [1.82, 2.24) is 24.7 Å². The number of aryl methyl sites for hydroxylation is 1. The predicted octanol–water partition coefficient (Wildman–Crippen LogP) is 3.10. The zero-order chi connectivity index (χ0) is 19.3. The number of hydrogen-bond donors (Lipinski definition) is 1. The molecule has 5 aromatic rings. The highest BCUT2D eigenvalue weighted by atomic mass is 16.3. The normalized spacial score (nSPS) is 11.1. The zero-order valence-electron chi connectivity index (χ0n) is 14.7. The first kappa shape index (κ1) is 16.0. The van der Waals surface area contributed by atoms with E-state index in [1.165, 1.54) is 12.5 Å². The van der Waals surface area contributed by atoms with Gasteiger partial charge in [0.25, 0.3) is 0 Å². The van der Waals surface area contributed by atoms with Crippen molar-refractivity contribution in [3.63, 3.8) is 0 Å². The smallest absolute Gasteiger partial charge is 0.191 e. The Morgan fingerprint density at radius 1 is 1.25 bits per heavy atom. The maximum atomic E-state index is 12.3. The van der Waals surface area contributed by atoms with Crippen molar-refractivity contribution in [3.05, 3.63) is 70.6 Å². The molecule has 5 rings (SSSR count). The topological polar surface area (TPSA) is 113 Å². The van der Waals surface area contributed by atoms with E-state index in [4.69, 9.17) is 4.42 Å². The lowest BCUT2D eigenvalue weighted by Gasteiger charge is -2.10. The van der Waals surface area contributed by atoms with E-state index >= 15 is 0 Å². The summed E-state index contributed by atoms with van der Waals surface area (Å²) in [5.41, 5.74) is 4.21. The third kappa shape index (κ3) is 2.38. The number of hydrogen-bond acceptors (Lipinski definition) is 6. The van der Waals surface area contributed by atoms with Crippen LogP contribution in [0.25, 0.3) is 39.1 Å². The van der Waals surface area contributed by atoms with E-state index in [0.717, 1.165) is 11.1 Å². The van der Waals surface area contributed by atoms with Gasteiger partial charge in [0.1, 0.15) is 17.2 Å². The number of nitrogens with zero attached hydrogens (tertiary/aromatic N) is 5. The Bertz CT molecular complexity index is 1470. The van der Waals surface area contributed by atoms with Gasteiger partial charge < -0.3 is 9.40 Å². The summed E-state index contributed by atoms with van der Waals surface area (Å²) in [5.74, 6) is 0.498. The molecule has 0 amide bonds.